The minimum absolute atomic E-state index is 0.106. The maximum absolute atomic E-state index is 12.2. The van der Waals surface area contributed by atoms with Crippen LogP contribution in [0.2, 0.25) is 10.0 Å². The minimum Gasteiger partial charge on any atom is -0.493 e. The summed E-state index contributed by atoms with van der Waals surface area (Å²) in [5.41, 5.74) is 1.34. The lowest BCUT2D eigenvalue weighted by Gasteiger charge is -2.18. The van der Waals surface area contributed by atoms with Gasteiger partial charge in [0.2, 0.25) is 11.8 Å². The van der Waals surface area contributed by atoms with Crippen LogP contribution in [0.1, 0.15) is 12.0 Å². The van der Waals surface area contributed by atoms with E-state index in [0.29, 0.717) is 15.7 Å². The third-order valence-corrected chi connectivity index (χ3v) is 4.33. The van der Waals surface area contributed by atoms with Crippen molar-refractivity contribution >= 4 is 40.7 Å². The van der Waals surface area contributed by atoms with Gasteiger partial charge in [-0.1, -0.05) is 47.5 Å². The van der Waals surface area contributed by atoms with Crippen LogP contribution in [0.25, 0.3) is 0 Å². The fourth-order valence-electron chi connectivity index (χ4n) is 2.26. The Kier molecular flexibility index (Phi) is 7.30. The van der Waals surface area contributed by atoms with Gasteiger partial charge in [0.1, 0.15) is 5.75 Å². The van der Waals surface area contributed by atoms with Crippen LogP contribution in [-0.2, 0) is 9.59 Å². The third kappa shape index (κ3) is 5.64. The van der Waals surface area contributed by atoms with Crippen molar-refractivity contribution in [3.05, 3.63) is 58.1 Å². The van der Waals surface area contributed by atoms with Crippen molar-refractivity contribution in [2.24, 2.45) is 0 Å². The number of benzene rings is 2. The van der Waals surface area contributed by atoms with Gasteiger partial charge < -0.3 is 15.0 Å². The largest absolute Gasteiger partial charge is 0.493 e. The Hall–Kier alpha value is -2.24. The van der Waals surface area contributed by atoms with Crippen LogP contribution in [0.4, 0.5) is 5.69 Å². The van der Waals surface area contributed by atoms with Crippen molar-refractivity contribution in [2.45, 2.75) is 13.3 Å². The summed E-state index contributed by atoms with van der Waals surface area (Å²) < 4.78 is 5.61. The Bertz CT molecular complexity index is 776. The molecule has 2 aromatic carbocycles. The van der Waals surface area contributed by atoms with Crippen LogP contribution in [0.5, 0.6) is 5.75 Å². The summed E-state index contributed by atoms with van der Waals surface area (Å²) in [6, 6.07) is 12.5. The topological polar surface area (TPSA) is 58.6 Å². The maximum Gasteiger partial charge on any atom is 0.244 e. The second-order valence-electron chi connectivity index (χ2n) is 5.76. The van der Waals surface area contributed by atoms with Crippen LogP contribution in [0, 0.1) is 6.92 Å². The molecule has 0 fully saturated rings. The van der Waals surface area contributed by atoms with Gasteiger partial charge in [0.25, 0.3) is 0 Å². The highest BCUT2D eigenvalue weighted by Gasteiger charge is 2.15. The number of hydrogen-bond donors (Lipinski definition) is 1. The van der Waals surface area contributed by atoms with Crippen molar-refractivity contribution in [3.8, 4) is 5.75 Å². The number of para-hydroxylation sites is 2. The first-order valence-corrected chi connectivity index (χ1v) is 8.80. The summed E-state index contributed by atoms with van der Waals surface area (Å²) in [4.78, 5) is 25.6. The van der Waals surface area contributed by atoms with Gasteiger partial charge in [-0.3, -0.25) is 9.59 Å². The van der Waals surface area contributed by atoms with E-state index in [0.717, 1.165) is 11.3 Å². The molecule has 0 bridgehead atoms. The Labute approximate surface area is 162 Å². The highest BCUT2D eigenvalue weighted by Crippen LogP contribution is 2.29. The fourth-order valence-corrected chi connectivity index (χ4v) is 2.75. The first kappa shape index (κ1) is 20.1. The SMILES string of the molecule is Cc1ccccc1OCCC(=O)N(C)CC(=O)Nc1c(Cl)cccc1Cl. The number of amides is 2. The molecule has 0 aliphatic heterocycles. The highest BCUT2D eigenvalue weighted by molar-refractivity contribution is 6.39. The van der Waals surface area contributed by atoms with Crippen LogP contribution in [0.15, 0.2) is 42.5 Å². The molecule has 0 atom stereocenters. The van der Waals surface area contributed by atoms with Gasteiger partial charge in [0.15, 0.2) is 0 Å². The van der Waals surface area contributed by atoms with E-state index in [4.69, 9.17) is 27.9 Å². The lowest BCUT2D eigenvalue weighted by Crippen LogP contribution is -2.35. The van der Waals surface area contributed by atoms with Gasteiger partial charge in [0.05, 0.1) is 35.3 Å². The minimum atomic E-state index is -0.379. The molecule has 0 heterocycles. The van der Waals surface area contributed by atoms with Gasteiger partial charge in [-0.05, 0) is 30.7 Å². The maximum atomic E-state index is 12.2. The summed E-state index contributed by atoms with van der Waals surface area (Å²) in [5.74, 6) is 0.170. The Morgan fingerprint density at radius 2 is 1.73 bits per heavy atom. The number of halogens is 2. The van der Waals surface area contributed by atoms with Gasteiger partial charge in [-0.25, -0.2) is 0 Å². The van der Waals surface area contributed by atoms with Gasteiger partial charge >= 0.3 is 0 Å². The lowest BCUT2D eigenvalue weighted by molar-refractivity contribution is -0.133. The van der Waals surface area contributed by atoms with E-state index in [2.05, 4.69) is 5.32 Å². The highest BCUT2D eigenvalue weighted by atomic mass is 35.5. The average molecular weight is 395 g/mol. The van der Waals surface area contributed by atoms with Crippen LogP contribution >= 0.6 is 23.2 Å². The fraction of sp³-hybridized carbons (Fsp3) is 0.263. The van der Waals surface area contributed by atoms with Crippen molar-refractivity contribution in [2.75, 3.05) is 25.5 Å². The molecule has 0 saturated carbocycles. The van der Waals surface area contributed by atoms with Gasteiger partial charge in [-0.15, -0.1) is 0 Å². The number of ether oxygens (including phenoxy) is 1. The number of hydrogen-bond acceptors (Lipinski definition) is 3. The summed E-state index contributed by atoms with van der Waals surface area (Å²) in [6.45, 7) is 2.07. The van der Waals surface area contributed by atoms with Crippen LogP contribution < -0.4 is 10.1 Å². The molecule has 0 aromatic heterocycles. The second kappa shape index (κ2) is 9.46. The quantitative estimate of drug-likeness (QED) is 0.766. The monoisotopic (exact) mass is 394 g/mol. The molecule has 2 amide bonds. The van der Waals surface area contributed by atoms with E-state index < -0.39 is 0 Å². The number of nitrogens with one attached hydrogen (secondary N) is 1. The molecule has 1 N–H and O–H groups in total. The standard InChI is InChI=1S/C19H20Cl2N2O3/c1-13-6-3-4-9-16(13)26-11-10-18(25)23(2)12-17(24)22-19-14(20)7-5-8-15(19)21/h3-9H,10-12H2,1-2H3,(H,22,24). The van der Waals surface area contributed by atoms with E-state index in [1.807, 2.05) is 31.2 Å². The Morgan fingerprint density at radius 3 is 2.38 bits per heavy atom. The summed E-state index contributed by atoms with van der Waals surface area (Å²) in [7, 11) is 1.56. The number of nitrogens with zero attached hydrogens (tertiary/aromatic N) is 1. The molecule has 0 aliphatic carbocycles. The van der Waals surface area contributed by atoms with E-state index in [-0.39, 0.29) is 31.4 Å². The first-order chi connectivity index (χ1) is 12.4. The van der Waals surface area contributed by atoms with Crippen molar-refractivity contribution in [1.29, 1.82) is 0 Å². The Balaban J connectivity index is 1.81. The lowest BCUT2D eigenvalue weighted by atomic mass is 10.2. The number of aryl methyl sites for hydroxylation is 1. The predicted octanol–water partition coefficient (Wildman–Crippen LogP) is 4.17. The first-order valence-electron chi connectivity index (χ1n) is 8.04. The number of carbonyl (C=O) groups excluding carboxylic acids is 2. The van der Waals surface area contributed by atoms with Gasteiger partial charge in [0, 0.05) is 7.05 Å². The molecular weight excluding hydrogens is 375 g/mol. The molecule has 0 aliphatic rings. The smallest absolute Gasteiger partial charge is 0.244 e. The average Bonchev–Trinajstić information content (AvgIpc) is 2.59. The van der Waals surface area contributed by atoms with Crippen molar-refractivity contribution < 1.29 is 14.3 Å². The van der Waals surface area contributed by atoms with Crippen molar-refractivity contribution in [3.63, 3.8) is 0 Å². The number of anilines is 1. The molecular formula is C19H20Cl2N2O3. The Morgan fingerprint density at radius 1 is 1.08 bits per heavy atom. The molecule has 0 unspecified atom stereocenters. The number of carbonyl (C=O) groups is 2. The second-order valence-corrected chi connectivity index (χ2v) is 6.57. The molecule has 0 spiro atoms. The van der Waals surface area contributed by atoms with Crippen LogP contribution in [0.3, 0.4) is 0 Å². The van der Waals surface area contributed by atoms with Gasteiger partial charge in [-0.2, -0.15) is 0 Å². The summed E-state index contributed by atoms with van der Waals surface area (Å²) in [6.07, 6.45) is 0.172. The zero-order valence-corrected chi connectivity index (χ0v) is 16.1. The number of likely N-dealkylation sites (N-methyl/N-ethyl adjacent to an activating group) is 1. The molecule has 2 aromatic rings. The third-order valence-electron chi connectivity index (χ3n) is 3.70. The van der Waals surface area contributed by atoms with E-state index in [1.165, 1.54) is 4.90 Å². The van der Waals surface area contributed by atoms with E-state index >= 15 is 0 Å². The summed E-state index contributed by atoms with van der Waals surface area (Å²) >= 11 is 12.0. The zero-order valence-electron chi connectivity index (χ0n) is 14.6. The molecule has 138 valence electrons. The van der Waals surface area contributed by atoms with Crippen molar-refractivity contribution in [1.82, 2.24) is 4.90 Å². The number of rotatable bonds is 7. The summed E-state index contributed by atoms with van der Waals surface area (Å²) in [5, 5.41) is 3.30. The zero-order chi connectivity index (χ0) is 19.1. The normalized spacial score (nSPS) is 10.3. The van der Waals surface area contributed by atoms with Crippen LogP contribution in [-0.4, -0.2) is 36.9 Å². The molecule has 26 heavy (non-hydrogen) atoms. The molecule has 5 nitrogen and oxygen atoms in total. The molecule has 0 saturated heterocycles. The molecule has 2 rings (SSSR count). The van der Waals surface area contributed by atoms with E-state index in [9.17, 15) is 9.59 Å². The van der Waals surface area contributed by atoms with E-state index in [1.54, 1.807) is 25.2 Å². The predicted molar refractivity (Wildman–Crippen MR) is 104 cm³/mol. The molecule has 7 heteroatoms. The molecule has 0 radical (unpaired) electrons.